The van der Waals surface area contributed by atoms with Crippen LogP contribution in [-0.2, 0) is 6.61 Å². The van der Waals surface area contributed by atoms with Crippen molar-refractivity contribution in [3.63, 3.8) is 0 Å². The van der Waals surface area contributed by atoms with Crippen molar-refractivity contribution < 1.29 is 32.5 Å². The van der Waals surface area contributed by atoms with E-state index in [1.807, 2.05) is 13.0 Å². The largest absolute Gasteiger partial charge is 0.490 e. The first-order valence-corrected chi connectivity index (χ1v) is 14.4. The molecule has 8 nitrogen and oxygen atoms in total. The Morgan fingerprint density at radius 2 is 1.82 bits per heavy atom. The van der Waals surface area contributed by atoms with Crippen molar-refractivity contribution in [3.05, 3.63) is 129 Å². The van der Waals surface area contributed by atoms with Gasteiger partial charge in [-0.25, -0.2) is 9.18 Å². The number of ether oxygens (including phenoxy) is 4. The number of benzene rings is 4. The van der Waals surface area contributed by atoms with Crippen molar-refractivity contribution in [3.8, 4) is 29.1 Å². The van der Waals surface area contributed by atoms with E-state index in [1.165, 1.54) is 12.1 Å². The van der Waals surface area contributed by atoms with Crippen LogP contribution in [-0.4, -0.2) is 12.6 Å². The van der Waals surface area contributed by atoms with Gasteiger partial charge in [-0.2, -0.15) is 5.26 Å². The number of nitriles is 1. The zero-order chi connectivity index (χ0) is 31.7. The molecule has 5 aromatic rings. The van der Waals surface area contributed by atoms with Crippen molar-refractivity contribution in [2.75, 3.05) is 6.61 Å². The molecule has 4 aromatic carbocycles. The second kappa shape index (κ2) is 12.3. The Balaban J connectivity index is 1.29. The number of rotatable bonds is 8. The third-order valence-corrected chi connectivity index (χ3v) is 7.63. The molecule has 2 N–H and O–H groups in total. The second-order valence-corrected chi connectivity index (χ2v) is 10.7. The van der Waals surface area contributed by atoms with Crippen LogP contribution < -0.4 is 24.7 Å². The molecule has 0 saturated heterocycles. The Kier molecular flexibility index (Phi) is 8.07. The number of aryl methyl sites for hydroxylation is 1. The minimum atomic E-state index is -0.689. The van der Waals surface area contributed by atoms with E-state index in [-0.39, 0.29) is 35.4 Å². The summed E-state index contributed by atoms with van der Waals surface area (Å²) in [5.74, 6) is -0.159. The van der Waals surface area contributed by atoms with E-state index in [0.717, 1.165) is 5.56 Å². The summed E-state index contributed by atoms with van der Waals surface area (Å²) in [6.07, 6.45) is 0. The average Bonchev–Trinajstić information content (AvgIpc) is 3.36. The number of halogens is 2. The van der Waals surface area contributed by atoms with Crippen LogP contribution in [0.3, 0.4) is 0 Å². The van der Waals surface area contributed by atoms with Gasteiger partial charge in [0, 0.05) is 27.6 Å². The molecule has 0 spiro atoms. The van der Waals surface area contributed by atoms with Gasteiger partial charge in [0.05, 0.1) is 12.5 Å². The SMILES string of the molecule is CCOc1cc(C2C(C#N)=C(N)Oc3cc(OC(=O)c4oc5ccc(Cl)cc5c4C)ccc32)ccc1OCc1ccc(F)cc1. The molecule has 1 aromatic heterocycles. The number of carbonyl (C=O) groups is 1. The topological polar surface area (TPSA) is 117 Å². The van der Waals surface area contributed by atoms with E-state index in [0.29, 0.717) is 56.5 Å². The van der Waals surface area contributed by atoms with E-state index < -0.39 is 11.9 Å². The van der Waals surface area contributed by atoms with Crippen molar-refractivity contribution in [1.82, 2.24) is 0 Å². The van der Waals surface area contributed by atoms with Crippen LogP contribution in [0.4, 0.5) is 4.39 Å². The van der Waals surface area contributed by atoms with E-state index >= 15 is 0 Å². The first kappa shape index (κ1) is 29.6. The normalized spacial score (nSPS) is 14.0. The summed E-state index contributed by atoms with van der Waals surface area (Å²) in [5.41, 5.74) is 9.69. The molecule has 226 valence electrons. The zero-order valence-corrected chi connectivity index (χ0v) is 25.0. The van der Waals surface area contributed by atoms with Crippen molar-refractivity contribution in [1.29, 1.82) is 5.26 Å². The van der Waals surface area contributed by atoms with Gasteiger partial charge < -0.3 is 29.1 Å². The molecule has 2 heterocycles. The molecule has 1 atom stereocenters. The summed E-state index contributed by atoms with van der Waals surface area (Å²) in [7, 11) is 0. The predicted molar refractivity (Wildman–Crippen MR) is 165 cm³/mol. The number of furan rings is 1. The van der Waals surface area contributed by atoms with Gasteiger partial charge in [0.1, 0.15) is 41.1 Å². The van der Waals surface area contributed by atoms with Crippen molar-refractivity contribution in [2.24, 2.45) is 5.73 Å². The van der Waals surface area contributed by atoms with Crippen LogP contribution in [0.15, 0.2) is 94.7 Å². The summed E-state index contributed by atoms with van der Waals surface area (Å²) in [6, 6.07) is 23.5. The van der Waals surface area contributed by atoms with E-state index in [2.05, 4.69) is 6.07 Å². The van der Waals surface area contributed by atoms with E-state index in [4.69, 9.17) is 40.7 Å². The number of nitrogens with zero attached hydrogens (tertiary/aromatic N) is 1. The molecular weight excluding hydrogens is 599 g/mol. The monoisotopic (exact) mass is 624 g/mol. The van der Waals surface area contributed by atoms with Gasteiger partial charge in [-0.3, -0.25) is 0 Å². The Labute approximate surface area is 262 Å². The van der Waals surface area contributed by atoms with Crippen molar-refractivity contribution in [2.45, 2.75) is 26.4 Å². The Morgan fingerprint density at radius 3 is 2.58 bits per heavy atom. The maximum atomic E-state index is 13.3. The lowest BCUT2D eigenvalue weighted by molar-refractivity contribution is 0.0702. The molecule has 1 aliphatic rings. The first-order valence-electron chi connectivity index (χ1n) is 14.0. The van der Waals surface area contributed by atoms with Gasteiger partial charge >= 0.3 is 5.97 Å². The molecule has 6 rings (SSSR count). The quantitative estimate of drug-likeness (QED) is 0.137. The van der Waals surface area contributed by atoms with Crippen LogP contribution in [0.2, 0.25) is 5.02 Å². The smallest absolute Gasteiger partial charge is 0.379 e. The summed E-state index contributed by atoms with van der Waals surface area (Å²) in [6.45, 7) is 4.18. The third kappa shape index (κ3) is 5.88. The highest BCUT2D eigenvalue weighted by molar-refractivity contribution is 6.31. The standard InChI is InChI=1S/C35H26ClFN2O6/c1-3-41-31-14-21(6-12-29(31)42-18-20-4-8-23(37)9-5-20)32-25-11-10-24(16-30(25)45-34(39)27(32)17-38)43-35(40)33-19(2)26-15-22(36)7-13-28(26)44-33/h4-16,32H,3,18,39H2,1-2H3. The number of allylic oxidation sites excluding steroid dienone is 1. The van der Waals surface area contributed by atoms with E-state index in [1.54, 1.807) is 67.6 Å². The van der Waals surface area contributed by atoms with Gasteiger partial charge in [0.15, 0.2) is 11.5 Å². The van der Waals surface area contributed by atoms with E-state index in [9.17, 15) is 14.4 Å². The molecule has 1 aliphatic heterocycles. The minimum absolute atomic E-state index is 0.0557. The highest BCUT2D eigenvalue weighted by Crippen LogP contribution is 2.45. The fourth-order valence-corrected chi connectivity index (χ4v) is 5.39. The molecule has 45 heavy (non-hydrogen) atoms. The highest BCUT2D eigenvalue weighted by Gasteiger charge is 2.32. The molecule has 0 bridgehead atoms. The summed E-state index contributed by atoms with van der Waals surface area (Å²) in [4.78, 5) is 13.1. The Morgan fingerprint density at radius 1 is 1.02 bits per heavy atom. The lowest BCUT2D eigenvalue weighted by atomic mass is 9.83. The second-order valence-electron chi connectivity index (χ2n) is 10.3. The Hall–Kier alpha value is -5.46. The van der Waals surface area contributed by atoms with Gasteiger partial charge in [-0.15, -0.1) is 0 Å². The highest BCUT2D eigenvalue weighted by atomic mass is 35.5. The molecular formula is C35H26ClFN2O6. The lowest BCUT2D eigenvalue weighted by Gasteiger charge is -2.27. The molecule has 0 radical (unpaired) electrons. The number of fused-ring (bicyclic) bond motifs is 2. The molecule has 1 unspecified atom stereocenters. The summed E-state index contributed by atoms with van der Waals surface area (Å²) in [5, 5.41) is 11.3. The van der Waals surface area contributed by atoms with Gasteiger partial charge in [-0.05, 0) is 73.5 Å². The minimum Gasteiger partial charge on any atom is -0.490 e. The fraction of sp³-hybridized carbons (Fsp3) is 0.143. The molecule has 10 heteroatoms. The number of hydrogen-bond acceptors (Lipinski definition) is 8. The summed E-state index contributed by atoms with van der Waals surface area (Å²) >= 11 is 6.11. The first-order chi connectivity index (χ1) is 21.7. The number of hydrogen-bond donors (Lipinski definition) is 1. The fourth-order valence-electron chi connectivity index (χ4n) is 5.22. The van der Waals surface area contributed by atoms with Crippen LogP contribution in [0.5, 0.6) is 23.0 Å². The third-order valence-electron chi connectivity index (χ3n) is 7.39. The molecule has 0 amide bonds. The summed E-state index contributed by atoms with van der Waals surface area (Å²) < 4.78 is 42.4. The van der Waals surface area contributed by atoms with Crippen LogP contribution in [0.25, 0.3) is 11.0 Å². The van der Waals surface area contributed by atoms with Gasteiger partial charge in [0.2, 0.25) is 11.6 Å². The van der Waals surface area contributed by atoms with Crippen molar-refractivity contribution >= 4 is 28.5 Å². The molecule has 0 fully saturated rings. The number of esters is 1. The van der Waals surface area contributed by atoms with Crippen LogP contribution in [0, 0.1) is 24.1 Å². The average molecular weight is 625 g/mol. The predicted octanol–water partition coefficient (Wildman–Crippen LogP) is 7.95. The lowest BCUT2D eigenvalue weighted by Crippen LogP contribution is -2.21. The van der Waals surface area contributed by atoms with Gasteiger partial charge in [0.25, 0.3) is 0 Å². The van der Waals surface area contributed by atoms with Crippen LogP contribution >= 0.6 is 11.6 Å². The number of carbonyl (C=O) groups excluding carboxylic acids is 1. The van der Waals surface area contributed by atoms with Gasteiger partial charge in [-0.1, -0.05) is 35.9 Å². The Bertz CT molecular complexity index is 2010. The zero-order valence-electron chi connectivity index (χ0n) is 24.2. The maximum absolute atomic E-state index is 13.3. The van der Waals surface area contributed by atoms with Crippen LogP contribution in [0.1, 0.15) is 45.7 Å². The number of nitrogens with two attached hydrogens (primary N) is 1. The molecule has 0 saturated carbocycles. The maximum Gasteiger partial charge on any atom is 0.379 e. The molecule has 0 aliphatic carbocycles.